The summed E-state index contributed by atoms with van der Waals surface area (Å²) in [4.78, 5) is 37.3. The van der Waals surface area contributed by atoms with Gasteiger partial charge in [0.2, 0.25) is 0 Å². The number of Topliss-reactive ketones (excluding diaryl/α,β-unsaturated/α-hetero) is 3. The van der Waals surface area contributed by atoms with Gasteiger partial charge in [-0.15, -0.1) is 0 Å². The molecule has 0 aromatic carbocycles. The molecule has 0 rings (SSSR count). The minimum Gasteiger partial charge on any atom is -0.311 e. The standard InChI is InChI=1S/C22H43N3O3S/c1-7-9-11-17(23-6)19(27)13-24-18(12-10-8-2)20(28)14-25-21(16(5)26)22(29)15(3)4/h15,17-18,21-25,29H,7-14H2,1-6H3/t17-,18-,21+,22+/m0/s1. The van der Waals surface area contributed by atoms with Gasteiger partial charge < -0.3 is 10.6 Å². The number of carbonyl (C=O) groups is 3. The van der Waals surface area contributed by atoms with Crippen LogP contribution in [0.5, 0.6) is 0 Å². The number of nitrogens with one attached hydrogen (secondary N) is 3. The highest BCUT2D eigenvalue weighted by atomic mass is 32.1. The molecule has 0 unspecified atom stereocenters. The van der Waals surface area contributed by atoms with E-state index in [4.69, 9.17) is 0 Å². The van der Waals surface area contributed by atoms with E-state index in [9.17, 15) is 14.4 Å². The Kier molecular flexibility index (Phi) is 15.6. The normalized spacial score (nSPS) is 15.7. The van der Waals surface area contributed by atoms with Crippen LogP contribution in [-0.2, 0) is 14.4 Å². The van der Waals surface area contributed by atoms with Gasteiger partial charge in [-0.3, -0.25) is 19.7 Å². The highest BCUT2D eigenvalue weighted by Crippen LogP contribution is 2.14. The van der Waals surface area contributed by atoms with Crippen LogP contribution in [-0.4, -0.2) is 60.9 Å². The van der Waals surface area contributed by atoms with Gasteiger partial charge in [0.25, 0.3) is 0 Å². The molecule has 0 heterocycles. The van der Waals surface area contributed by atoms with E-state index in [1.54, 1.807) is 7.05 Å². The van der Waals surface area contributed by atoms with Crippen LogP contribution in [0.2, 0.25) is 0 Å². The summed E-state index contributed by atoms with van der Waals surface area (Å²) in [5.74, 6) is 0.256. The smallest absolute Gasteiger partial charge is 0.163 e. The number of likely N-dealkylation sites (N-methyl/N-ethyl adjacent to an activating group) is 1. The first-order valence-electron chi connectivity index (χ1n) is 11.1. The van der Waals surface area contributed by atoms with Gasteiger partial charge in [-0.1, -0.05) is 53.4 Å². The lowest BCUT2D eigenvalue weighted by Gasteiger charge is -2.26. The third-order valence-electron chi connectivity index (χ3n) is 5.30. The lowest BCUT2D eigenvalue weighted by molar-refractivity contribution is -0.122. The van der Waals surface area contributed by atoms with Crippen molar-refractivity contribution in [1.82, 2.24) is 16.0 Å². The first-order chi connectivity index (χ1) is 13.7. The van der Waals surface area contributed by atoms with Gasteiger partial charge in [0, 0.05) is 5.25 Å². The molecule has 0 saturated carbocycles. The zero-order valence-corrected chi connectivity index (χ0v) is 20.1. The van der Waals surface area contributed by atoms with Gasteiger partial charge in [0.15, 0.2) is 11.6 Å². The molecular formula is C22H43N3O3S. The fourth-order valence-electron chi connectivity index (χ4n) is 3.23. The fraction of sp³-hybridized carbons (Fsp3) is 0.864. The maximum absolute atomic E-state index is 12.8. The average molecular weight is 430 g/mol. The number of hydrogen-bond acceptors (Lipinski definition) is 7. The fourth-order valence-corrected chi connectivity index (χ4v) is 3.55. The summed E-state index contributed by atoms with van der Waals surface area (Å²) < 4.78 is 0. The van der Waals surface area contributed by atoms with E-state index in [1.165, 1.54) is 6.92 Å². The molecule has 29 heavy (non-hydrogen) atoms. The Bertz CT molecular complexity index is 500. The van der Waals surface area contributed by atoms with Crippen molar-refractivity contribution in [3.05, 3.63) is 0 Å². The van der Waals surface area contributed by atoms with E-state index >= 15 is 0 Å². The molecule has 0 bridgehead atoms. The predicted octanol–water partition coefficient (Wildman–Crippen LogP) is 2.55. The summed E-state index contributed by atoms with van der Waals surface area (Å²) in [6.45, 7) is 9.97. The molecule has 0 aliphatic heterocycles. The van der Waals surface area contributed by atoms with Gasteiger partial charge >= 0.3 is 0 Å². The molecule has 0 amide bonds. The Hall–Kier alpha value is -0.760. The Balaban J connectivity index is 4.87. The maximum Gasteiger partial charge on any atom is 0.163 e. The lowest BCUT2D eigenvalue weighted by atomic mass is 9.99. The summed E-state index contributed by atoms with van der Waals surface area (Å²) >= 11 is 4.54. The van der Waals surface area contributed by atoms with Crippen LogP contribution in [0.1, 0.15) is 73.1 Å². The molecule has 7 heteroatoms. The first kappa shape index (κ1) is 28.2. The van der Waals surface area contributed by atoms with E-state index in [-0.39, 0.29) is 53.7 Å². The van der Waals surface area contributed by atoms with Gasteiger partial charge in [-0.2, -0.15) is 12.6 Å². The minimum absolute atomic E-state index is 0.0173. The first-order valence-corrected chi connectivity index (χ1v) is 11.6. The minimum atomic E-state index is -0.460. The van der Waals surface area contributed by atoms with Crippen molar-refractivity contribution >= 4 is 30.0 Å². The van der Waals surface area contributed by atoms with Crippen LogP contribution < -0.4 is 16.0 Å². The van der Waals surface area contributed by atoms with E-state index in [2.05, 4.69) is 42.4 Å². The van der Waals surface area contributed by atoms with Crippen molar-refractivity contribution in [2.24, 2.45) is 5.92 Å². The van der Waals surface area contributed by atoms with Gasteiger partial charge in [-0.05, 0) is 32.7 Å². The van der Waals surface area contributed by atoms with Crippen LogP contribution in [0.4, 0.5) is 0 Å². The summed E-state index contributed by atoms with van der Waals surface area (Å²) in [6.07, 6.45) is 5.41. The largest absolute Gasteiger partial charge is 0.311 e. The molecule has 0 spiro atoms. The molecule has 6 nitrogen and oxygen atoms in total. The van der Waals surface area contributed by atoms with Crippen molar-refractivity contribution in [3.63, 3.8) is 0 Å². The molecule has 0 aliphatic rings. The number of hydrogen-bond donors (Lipinski definition) is 4. The van der Waals surface area contributed by atoms with Crippen molar-refractivity contribution in [2.45, 2.75) is 96.5 Å². The number of unbranched alkanes of at least 4 members (excludes halogenated alkanes) is 2. The zero-order valence-electron chi connectivity index (χ0n) is 19.2. The van der Waals surface area contributed by atoms with E-state index < -0.39 is 6.04 Å². The second-order valence-electron chi connectivity index (χ2n) is 8.20. The van der Waals surface area contributed by atoms with Crippen molar-refractivity contribution in [1.29, 1.82) is 0 Å². The van der Waals surface area contributed by atoms with Crippen molar-refractivity contribution in [2.75, 3.05) is 20.1 Å². The van der Waals surface area contributed by atoms with Crippen LogP contribution in [0.25, 0.3) is 0 Å². The number of rotatable bonds is 18. The topological polar surface area (TPSA) is 87.3 Å². The van der Waals surface area contributed by atoms with Crippen LogP contribution in [0, 0.1) is 5.92 Å². The molecule has 4 atom stereocenters. The Morgan fingerprint density at radius 1 is 0.862 bits per heavy atom. The number of ketones is 3. The van der Waals surface area contributed by atoms with Crippen LogP contribution >= 0.6 is 12.6 Å². The predicted molar refractivity (Wildman–Crippen MR) is 124 cm³/mol. The highest BCUT2D eigenvalue weighted by molar-refractivity contribution is 7.81. The molecule has 0 fully saturated rings. The second kappa shape index (κ2) is 16.0. The lowest BCUT2D eigenvalue weighted by Crippen LogP contribution is -2.51. The van der Waals surface area contributed by atoms with Gasteiger partial charge in [0.1, 0.15) is 5.78 Å². The summed E-state index contributed by atoms with van der Waals surface area (Å²) in [5.41, 5.74) is 0. The third kappa shape index (κ3) is 11.3. The molecule has 170 valence electrons. The quantitative estimate of drug-likeness (QED) is 0.251. The van der Waals surface area contributed by atoms with Crippen LogP contribution in [0.3, 0.4) is 0 Å². The molecule has 0 aromatic rings. The SMILES string of the molecule is CCCC[C@H](NC)C(=O)CN[C@@H](CCCC)C(=O)CN[C@H](C(C)=O)[C@H](S)C(C)C. The van der Waals surface area contributed by atoms with Crippen molar-refractivity contribution in [3.8, 4) is 0 Å². The van der Waals surface area contributed by atoms with Crippen LogP contribution in [0.15, 0.2) is 0 Å². The zero-order chi connectivity index (χ0) is 22.4. The maximum atomic E-state index is 12.8. The Labute approximate surface area is 183 Å². The Morgan fingerprint density at radius 2 is 1.34 bits per heavy atom. The monoisotopic (exact) mass is 429 g/mol. The van der Waals surface area contributed by atoms with E-state index in [0.29, 0.717) is 6.42 Å². The van der Waals surface area contributed by atoms with Gasteiger partial charge in [-0.25, -0.2) is 0 Å². The van der Waals surface area contributed by atoms with E-state index in [1.807, 2.05) is 13.8 Å². The molecule has 0 radical (unpaired) electrons. The molecule has 0 aliphatic carbocycles. The number of thiol groups is 1. The second-order valence-corrected chi connectivity index (χ2v) is 8.79. The Morgan fingerprint density at radius 3 is 1.79 bits per heavy atom. The molecule has 0 aromatic heterocycles. The molecule has 3 N–H and O–H groups in total. The summed E-state index contributed by atoms with van der Waals surface area (Å²) in [6, 6.07) is -1.03. The summed E-state index contributed by atoms with van der Waals surface area (Å²) in [7, 11) is 1.80. The third-order valence-corrected chi connectivity index (χ3v) is 6.19. The van der Waals surface area contributed by atoms with Crippen molar-refractivity contribution < 1.29 is 14.4 Å². The van der Waals surface area contributed by atoms with Gasteiger partial charge in [0.05, 0.1) is 31.2 Å². The molecular weight excluding hydrogens is 386 g/mol. The molecule has 0 saturated heterocycles. The number of carbonyl (C=O) groups excluding carboxylic acids is 3. The average Bonchev–Trinajstić information content (AvgIpc) is 2.67. The van der Waals surface area contributed by atoms with E-state index in [0.717, 1.165) is 32.1 Å². The highest BCUT2D eigenvalue weighted by Gasteiger charge is 2.27. The summed E-state index contributed by atoms with van der Waals surface area (Å²) in [5, 5.41) is 9.18.